The monoisotopic (exact) mass is 173 g/mol. The maximum absolute atomic E-state index is 10.3. The van der Waals surface area contributed by atoms with E-state index in [1.807, 2.05) is 11.9 Å². The van der Waals surface area contributed by atoms with E-state index in [-0.39, 0.29) is 6.54 Å². The molecule has 5 heteroatoms. The molecule has 1 aliphatic rings. The van der Waals surface area contributed by atoms with Crippen molar-refractivity contribution in [2.45, 2.75) is 0 Å². The molecule has 0 bridgehead atoms. The van der Waals surface area contributed by atoms with Crippen LogP contribution in [-0.2, 0) is 4.79 Å². The zero-order valence-electron chi connectivity index (χ0n) is 7.29. The maximum atomic E-state index is 10.3. The van der Waals surface area contributed by atoms with Gasteiger partial charge in [0.1, 0.15) is 0 Å². The molecule has 12 heavy (non-hydrogen) atoms. The number of rotatable bonds is 3. The summed E-state index contributed by atoms with van der Waals surface area (Å²) in [6.45, 7) is 3.60. The lowest BCUT2D eigenvalue weighted by Crippen LogP contribution is -2.51. The fraction of sp³-hybridized carbons (Fsp3) is 0.857. The van der Waals surface area contributed by atoms with Crippen LogP contribution in [0.4, 0.5) is 0 Å². The minimum absolute atomic E-state index is 0.164. The highest BCUT2D eigenvalue weighted by molar-refractivity contribution is 5.69. The number of nitrogens with zero attached hydrogens (tertiary/aromatic N) is 2. The van der Waals surface area contributed by atoms with Gasteiger partial charge in [-0.1, -0.05) is 0 Å². The lowest BCUT2D eigenvalue weighted by atomic mass is 10.3. The third-order valence-electron chi connectivity index (χ3n) is 2.05. The SMILES string of the molecule is CNN1CCN(CC(=O)O)CC1. The molecule has 0 amide bonds. The summed E-state index contributed by atoms with van der Waals surface area (Å²) in [5, 5.41) is 10.6. The van der Waals surface area contributed by atoms with Crippen molar-refractivity contribution in [3.63, 3.8) is 0 Å². The maximum Gasteiger partial charge on any atom is 0.317 e. The molecular formula is C7H15N3O2. The molecule has 1 rings (SSSR count). The van der Waals surface area contributed by atoms with E-state index in [0.29, 0.717) is 0 Å². The third kappa shape index (κ3) is 2.77. The number of aliphatic carboxylic acids is 1. The molecule has 70 valence electrons. The summed E-state index contributed by atoms with van der Waals surface area (Å²) < 4.78 is 0. The van der Waals surface area contributed by atoms with Crippen LogP contribution in [0.25, 0.3) is 0 Å². The van der Waals surface area contributed by atoms with E-state index in [9.17, 15) is 4.79 Å². The van der Waals surface area contributed by atoms with Gasteiger partial charge in [0.15, 0.2) is 0 Å². The average molecular weight is 173 g/mol. The van der Waals surface area contributed by atoms with Crippen LogP contribution in [0.3, 0.4) is 0 Å². The Morgan fingerprint density at radius 1 is 1.42 bits per heavy atom. The number of carbonyl (C=O) groups is 1. The first-order chi connectivity index (χ1) is 5.72. The minimum atomic E-state index is -0.743. The van der Waals surface area contributed by atoms with Gasteiger partial charge in [0.25, 0.3) is 0 Å². The number of piperazine rings is 1. The van der Waals surface area contributed by atoms with Crippen molar-refractivity contribution in [2.75, 3.05) is 39.8 Å². The summed E-state index contributed by atoms with van der Waals surface area (Å²) in [7, 11) is 1.88. The van der Waals surface area contributed by atoms with E-state index in [2.05, 4.69) is 10.4 Å². The Balaban J connectivity index is 2.21. The normalized spacial score (nSPS) is 21.1. The molecule has 0 saturated carbocycles. The van der Waals surface area contributed by atoms with Crippen LogP contribution in [0.2, 0.25) is 0 Å². The first-order valence-electron chi connectivity index (χ1n) is 4.09. The minimum Gasteiger partial charge on any atom is -0.480 e. The highest BCUT2D eigenvalue weighted by atomic mass is 16.4. The standard InChI is InChI=1S/C7H15N3O2/c1-8-10-4-2-9(3-5-10)6-7(11)12/h8H,2-6H2,1H3,(H,11,12). The summed E-state index contributed by atoms with van der Waals surface area (Å²) in [5.74, 6) is -0.743. The van der Waals surface area contributed by atoms with Crippen LogP contribution in [-0.4, -0.2) is 60.8 Å². The molecule has 0 radical (unpaired) electrons. The van der Waals surface area contributed by atoms with Crippen LogP contribution >= 0.6 is 0 Å². The van der Waals surface area contributed by atoms with Crippen LogP contribution < -0.4 is 5.43 Å². The molecule has 2 N–H and O–H groups in total. The van der Waals surface area contributed by atoms with Gasteiger partial charge in [-0.05, 0) is 7.05 Å². The second kappa shape index (κ2) is 4.39. The molecule has 0 aromatic rings. The van der Waals surface area contributed by atoms with Crippen LogP contribution in [0.5, 0.6) is 0 Å². The number of hydrazine groups is 1. The lowest BCUT2D eigenvalue weighted by molar-refractivity contribution is -0.138. The Bertz CT molecular complexity index is 155. The van der Waals surface area contributed by atoms with Crippen molar-refractivity contribution in [1.82, 2.24) is 15.3 Å². The second-order valence-electron chi connectivity index (χ2n) is 2.88. The lowest BCUT2D eigenvalue weighted by Gasteiger charge is -2.32. The first-order valence-corrected chi connectivity index (χ1v) is 4.09. The molecule has 0 spiro atoms. The van der Waals surface area contributed by atoms with Crippen molar-refractivity contribution < 1.29 is 9.90 Å². The van der Waals surface area contributed by atoms with Crippen LogP contribution in [0.15, 0.2) is 0 Å². The van der Waals surface area contributed by atoms with Gasteiger partial charge in [-0.3, -0.25) is 15.1 Å². The predicted octanol–water partition coefficient (Wildman–Crippen LogP) is -1.18. The van der Waals surface area contributed by atoms with Gasteiger partial charge in [0, 0.05) is 26.2 Å². The van der Waals surface area contributed by atoms with E-state index < -0.39 is 5.97 Å². The molecule has 1 saturated heterocycles. The van der Waals surface area contributed by atoms with Gasteiger partial charge in [0.2, 0.25) is 0 Å². The van der Waals surface area contributed by atoms with E-state index in [1.165, 1.54) is 0 Å². The fourth-order valence-electron chi connectivity index (χ4n) is 1.32. The van der Waals surface area contributed by atoms with E-state index in [0.717, 1.165) is 26.2 Å². The molecule has 0 aliphatic carbocycles. The van der Waals surface area contributed by atoms with Gasteiger partial charge >= 0.3 is 5.97 Å². The Morgan fingerprint density at radius 2 is 2.00 bits per heavy atom. The van der Waals surface area contributed by atoms with Crippen molar-refractivity contribution in [3.05, 3.63) is 0 Å². The number of carboxylic acids is 1. The zero-order valence-corrected chi connectivity index (χ0v) is 7.29. The summed E-state index contributed by atoms with van der Waals surface area (Å²) in [4.78, 5) is 12.3. The summed E-state index contributed by atoms with van der Waals surface area (Å²) >= 11 is 0. The van der Waals surface area contributed by atoms with E-state index in [4.69, 9.17) is 5.11 Å². The highest BCUT2D eigenvalue weighted by Gasteiger charge is 2.16. The van der Waals surface area contributed by atoms with Gasteiger partial charge in [-0.25, -0.2) is 5.01 Å². The summed E-state index contributed by atoms with van der Waals surface area (Å²) in [6, 6.07) is 0. The molecule has 0 unspecified atom stereocenters. The van der Waals surface area contributed by atoms with E-state index in [1.54, 1.807) is 0 Å². The molecule has 1 fully saturated rings. The Labute approximate surface area is 71.9 Å². The summed E-state index contributed by atoms with van der Waals surface area (Å²) in [5.41, 5.74) is 3.04. The Hall–Kier alpha value is -0.650. The molecule has 0 atom stereocenters. The number of hydrogen-bond donors (Lipinski definition) is 2. The zero-order chi connectivity index (χ0) is 8.97. The van der Waals surface area contributed by atoms with Gasteiger partial charge in [-0.15, -0.1) is 0 Å². The molecule has 0 aromatic carbocycles. The van der Waals surface area contributed by atoms with Crippen molar-refractivity contribution in [3.8, 4) is 0 Å². The van der Waals surface area contributed by atoms with Crippen LogP contribution in [0, 0.1) is 0 Å². The van der Waals surface area contributed by atoms with Crippen molar-refractivity contribution in [2.24, 2.45) is 0 Å². The molecule has 1 heterocycles. The number of hydrogen-bond acceptors (Lipinski definition) is 4. The molecule has 5 nitrogen and oxygen atoms in total. The van der Waals surface area contributed by atoms with E-state index >= 15 is 0 Å². The molecule has 1 aliphatic heterocycles. The predicted molar refractivity (Wildman–Crippen MR) is 44.7 cm³/mol. The van der Waals surface area contributed by atoms with Gasteiger partial charge in [-0.2, -0.15) is 0 Å². The third-order valence-corrected chi connectivity index (χ3v) is 2.05. The topological polar surface area (TPSA) is 55.8 Å². The van der Waals surface area contributed by atoms with Crippen LogP contribution in [0.1, 0.15) is 0 Å². The molecule has 0 aromatic heterocycles. The Kier molecular flexibility index (Phi) is 3.46. The fourth-order valence-corrected chi connectivity index (χ4v) is 1.32. The number of nitrogens with one attached hydrogen (secondary N) is 1. The average Bonchev–Trinajstić information content (AvgIpc) is 2.05. The van der Waals surface area contributed by atoms with Gasteiger partial charge in [0.05, 0.1) is 6.54 Å². The van der Waals surface area contributed by atoms with Gasteiger partial charge < -0.3 is 5.11 Å². The molecular weight excluding hydrogens is 158 g/mol. The highest BCUT2D eigenvalue weighted by Crippen LogP contribution is 1.97. The Morgan fingerprint density at radius 3 is 2.42 bits per heavy atom. The first kappa shape index (κ1) is 9.44. The quantitative estimate of drug-likeness (QED) is 0.563. The largest absolute Gasteiger partial charge is 0.480 e. The summed E-state index contributed by atoms with van der Waals surface area (Å²) in [6.07, 6.45) is 0. The second-order valence-corrected chi connectivity index (χ2v) is 2.88. The number of carboxylic acid groups (broad SMARTS) is 1. The van der Waals surface area contributed by atoms with Crippen molar-refractivity contribution in [1.29, 1.82) is 0 Å². The smallest absolute Gasteiger partial charge is 0.317 e. The van der Waals surface area contributed by atoms with Crippen molar-refractivity contribution >= 4 is 5.97 Å².